The highest BCUT2D eigenvalue weighted by atomic mass is 14.7. The van der Waals surface area contributed by atoms with Crippen LogP contribution in [0.2, 0.25) is 0 Å². The van der Waals surface area contributed by atoms with Crippen LogP contribution >= 0.6 is 0 Å². The van der Waals surface area contributed by atoms with E-state index in [0.717, 1.165) is 19.3 Å². The Hall–Kier alpha value is -2.64. The van der Waals surface area contributed by atoms with Gasteiger partial charge in [-0.1, -0.05) is 93.1 Å². The maximum absolute atomic E-state index is 6.70. The topological polar surface area (TPSA) is 26.0 Å². The Morgan fingerprint density at radius 2 is 1.30 bits per heavy atom. The molecule has 4 aromatic carbocycles. The van der Waals surface area contributed by atoms with Crippen molar-refractivity contribution in [2.45, 2.75) is 38.6 Å². The summed E-state index contributed by atoms with van der Waals surface area (Å²) in [4.78, 5) is 0. The monoisotopic (exact) mass is 353 g/mol. The fourth-order valence-corrected chi connectivity index (χ4v) is 4.26. The van der Waals surface area contributed by atoms with E-state index >= 15 is 0 Å². The largest absolute Gasteiger partial charge is 0.321 e. The summed E-state index contributed by atoms with van der Waals surface area (Å²) < 4.78 is 0. The van der Waals surface area contributed by atoms with E-state index in [1.54, 1.807) is 0 Å². The third-order valence-electron chi connectivity index (χ3n) is 5.85. The summed E-state index contributed by atoms with van der Waals surface area (Å²) in [6, 6.07) is 28.5. The minimum Gasteiger partial charge on any atom is -0.321 e. The molecule has 27 heavy (non-hydrogen) atoms. The van der Waals surface area contributed by atoms with Gasteiger partial charge in [-0.25, -0.2) is 0 Å². The van der Waals surface area contributed by atoms with Gasteiger partial charge in [0, 0.05) is 5.54 Å². The molecule has 1 heteroatoms. The van der Waals surface area contributed by atoms with Crippen molar-refractivity contribution in [2.75, 3.05) is 0 Å². The van der Waals surface area contributed by atoms with Crippen molar-refractivity contribution < 1.29 is 0 Å². The highest BCUT2D eigenvalue weighted by molar-refractivity contribution is 6.12. The van der Waals surface area contributed by atoms with Crippen LogP contribution in [0.25, 0.3) is 32.7 Å². The van der Waals surface area contributed by atoms with Gasteiger partial charge in [-0.2, -0.15) is 0 Å². The predicted octanol–water partition coefficient (Wildman–Crippen LogP) is 7.02. The molecule has 2 N–H and O–H groups in total. The first-order valence-electron chi connectivity index (χ1n) is 9.96. The Morgan fingerprint density at radius 3 is 1.81 bits per heavy atom. The molecule has 136 valence electrons. The first-order valence-corrected chi connectivity index (χ1v) is 9.96. The highest BCUT2D eigenvalue weighted by Gasteiger charge is 2.24. The minimum absolute atomic E-state index is 0.228. The lowest BCUT2D eigenvalue weighted by Gasteiger charge is -2.28. The van der Waals surface area contributed by atoms with E-state index in [-0.39, 0.29) is 5.54 Å². The van der Waals surface area contributed by atoms with Crippen molar-refractivity contribution in [3.8, 4) is 11.1 Å². The molecule has 0 aliphatic heterocycles. The molecule has 1 atom stereocenters. The third kappa shape index (κ3) is 3.13. The van der Waals surface area contributed by atoms with Crippen LogP contribution in [0.3, 0.4) is 0 Å². The second kappa shape index (κ2) is 7.17. The Morgan fingerprint density at radius 1 is 0.741 bits per heavy atom. The van der Waals surface area contributed by atoms with Crippen molar-refractivity contribution in [2.24, 2.45) is 5.73 Å². The molecule has 1 nitrogen and oxygen atoms in total. The number of rotatable bonds is 5. The van der Waals surface area contributed by atoms with Crippen LogP contribution in [0.1, 0.15) is 38.7 Å². The summed E-state index contributed by atoms with van der Waals surface area (Å²) in [7, 11) is 0. The molecule has 1 unspecified atom stereocenters. The summed E-state index contributed by atoms with van der Waals surface area (Å²) in [5, 5.41) is 5.16. The average Bonchev–Trinajstić information content (AvgIpc) is 2.72. The Balaban J connectivity index is 1.91. The minimum atomic E-state index is -0.228. The molecule has 4 aromatic rings. The summed E-state index contributed by atoms with van der Waals surface area (Å²) in [6.45, 7) is 4.38. The molecular weight excluding hydrogens is 326 g/mol. The molecular formula is C26H27N. The fraction of sp³-hybridized carbons (Fsp3) is 0.231. The summed E-state index contributed by atoms with van der Waals surface area (Å²) in [6.07, 6.45) is 3.07. The molecule has 0 spiro atoms. The normalized spacial score (nSPS) is 13.7. The van der Waals surface area contributed by atoms with Gasteiger partial charge in [0.05, 0.1) is 0 Å². The smallest absolute Gasteiger partial charge is 0.0406 e. The van der Waals surface area contributed by atoms with Crippen LogP contribution in [0.15, 0.2) is 78.9 Å². The molecule has 0 aliphatic carbocycles. The van der Waals surface area contributed by atoms with Gasteiger partial charge in [-0.15, -0.1) is 0 Å². The zero-order valence-electron chi connectivity index (χ0n) is 16.2. The zero-order chi connectivity index (χ0) is 18.9. The molecule has 0 fully saturated rings. The molecule has 0 aromatic heterocycles. The Labute approximate surface area is 161 Å². The van der Waals surface area contributed by atoms with Crippen molar-refractivity contribution in [1.29, 1.82) is 0 Å². The molecule has 4 rings (SSSR count). The molecule has 0 amide bonds. The van der Waals surface area contributed by atoms with Gasteiger partial charge in [0.25, 0.3) is 0 Å². The number of hydrogen-bond acceptors (Lipinski definition) is 1. The molecule has 0 radical (unpaired) electrons. The maximum Gasteiger partial charge on any atom is 0.0406 e. The lowest BCUT2D eigenvalue weighted by atomic mass is 9.83. The zero-order valence-corrected chi connectivity index (χ0v) is 16.2. The van der Waals surface area contributed by atoms with E-state index in [0.29, 0.717) is 0 Å². The second-order valence-electron chi connectivity index (χ2n) is 7.53. The lowest BCUT2D eigenvalue weighted by molar-refractivity contribution is 0.390. The first kappa shape index (κ1) is 17.8. The van der Waals surface area contributed by atoms with Gasteiger partial charge in [-0.3, -0.25) is 0 Å². The summed E-state index contributed by atoms with van der Waals surface area (Å²) in [5.74, 6) is 0. The van der Waals surface area contributed by atoms with Crippen LogP contribution < -0.4 is 5.73 Å². The lowest BCUT2D eigenvalue weighted by Crippen LogP contribution is -2.35. The Bertz CT molecular complexity index is 1020. The van der Waals surface area contributed by atoms with Crippen molar-refractivity contribution in [3.05, 3.63) is 84.4 Å². The van der Waals surface area contributed by atoms with Gasteiger partial charge in [0.2, 0.25) is 0 Å². The second-order valence-corrected chi connectivity index (χ2v) is 7.53. The molecule has 0 saturated carbocycles. The van der Waals surface area contributed by atoms with Crippen molar-refractivity contribution >= 4 is 21.5 Å². The van der Waals surface area contributed by atoms with E-state index < -0.39 is 0 Å². The van der Waals surface area contributed by atoms with Crippen LogP contribution in [-0.4, -0.2) is 0 Å². The van der Waals surface area contributed by atoms with Gasteiger partial charge in [-0.05, 0) is 57.1 Å². The number of benzene rings is 4. The fourth-order valence-electron chi connectivity index (χ4n) is 4.26. The molecule has 0 heterocycles. The first-order chi connectivity index (χ1) is 13.2. The van der Waals surface area contributed by atoms with Crippen LogP contribution in [-0.2, 0) is 5.54 Å². The quantitative estimate of drug-likeness (QED) is 0.383. The van der Waals surface area contributed by atoms with Gasteiger partial charge < -0.3 is 5.73 Å². The number of hydrogen-bond donors (Lipinski definition) is 1. The van der Waals surface area contributed by atoms with E-state index in [1.807, 2.05) is 0 Å². The molecule has 0 saturated heterocycles. The standard InChI is InChI=1S/C26H27N/c1-3-17-26(27,4-2)22-15-13-19(14-16-22)25-23-11-7-5-9-20(23)18-21-10-6-8-12-24(21)25/h5-16,18H,3-4,17,27H2,1-2H3. The van der Waals surface area contributed by atoms with E-state index in [4.69, 9.17) is 5.73 Å². The highest BCUT2D eigenvalue weighted by Crippen LogP contribution is 2.37. The van der Waals surface area contributed by atoms with E-state index in [1.165, 1.54) is 38.2 Å². The van der Waals surface area contributed by atoms with E-state index in [9.17, 15) is 0 Å². The SMILES string of the molecule is CCCC(N)(CC)c1ccc(-c2c3ccccc3cc3ccccc23)cc1. The number of fused-ring (bicyclic) bond motifs is 2. The van der Waals surface area contributed by atoms with Crippen molar-refractivity contribution in [1.82, 2.24) is 0 Å². The van der Waals surface area contributed by atoms with Gasteiger partial charge >= 0.3 is 0 Å². The van der Waals surface area contributed by atoms with Crippen LogP contribution in [0, 0.1) is 0 Å². The molecule has 0 aliphatic rings. The van der Waals surface area contributed by atoms with Crippen LogP contribution in [0.4, 0.5) is 0 Å². The average molecular weight is 354 g/mol. The third-order valence-corrected chi connectivity index (χ3v) is 5.85. The summed E-state index contributed by atoms with van der Waals surface area (Å²) >= 11 is 0. The predicted molar refractivity (Wildman–Crippen MR) is 118 cm³/mol. The van der Waals surface area contributed by atoms with E-state index in [2.05, 4.69) is 92.7 Å². The maximum atomic E-state index is 6.70. The van der Waals surface area contributed by atoms with Crippen molar-refractivity contribution in [3.63, 3.8) is 0 Å². The van der Waals surface area contributed by atoms with Gasteiger partial charge in [0.15, 0.2) is 0 Å². The Kier molecular flexibility index (Phi) is 4.72. The van der Waals surface area contributed by atoms with Crippen LogP contribution in [0.5, 0.6) is 0 Å². The van der Waals surface area contributed by atoms with Gasteiger partial charge in [0.1, 0.15) is 0 Å². The summed E-state index contributed by atoms with van der Waals surface area (Å²) in [5.41, 5.74) is 10.3. The molecule has 0 bridgehead atoms. The number of nitrogens with two attached hydrogens (primary N) is 1.